The van der Waals surface area contributed by atoms with Crippen LogP contribution in [0.5, 0.6) is 0 Å². The highest BCUT2D eigenvalue weighted by Crippen LogP contribution is 2.29. The lowest BCUT2D eigenvalue weighted by Gasteiger charge is -2.27. The van der Waals surface area contributed by atoms with Gasteiger partial charge >= 0.3 is 0 Å². The number of nitrogens with zero attached hydrogens (tertiary/aromatic N) is 1. The Kier molecular flexibility index (Phi) is 5.33. The van der Waals surface area contributed by atoms with Gasteiger partial charge in [0.15, 0.2) is 0 Å². The van der Waals surface area contributed by atoms with Crippen molar-refractivity contribution in [2.24, 2.45) is 5.92 Å². The van der Waals surface area contributed by atoms with Crippen LogP contribution in [0.2, 0.25) is 0 Å². The van der Waals surface area contributed by atoms with E-state index in [0.29, 0.717) is 28.4 Å². The number of hydrogen-bond donors (Lipinski definition) is 1. The zero-order valence-corrected chi connectivity index (χ0v) is 13.6. The first kappa shape index (κ1) is 15.9. The molecule has 0 heterocycles. The number of carbonyl (C=O) groups excluding carboxylic acids is 1. The van der Waals surface area contributed by atoms with Crippen LogP contribution in [0, 0.1) is 23.0 Å². The van der Waals surface area contributed by atoms with Gasteiger partial charge in [0, 0.05) is 29.1 Å². The second-order valence-electron chi connectivity index (χ2n) is 5.58. The Morgan fingerprint density at radius 1 is 1.38 bits per heavy atom. The molecule has 1 fully saturated rings. The highest BCUT2D eigenvalue weighted by Gasteiger charge is 2.23. The summed E-state index contributed by atoms with van der Waals surface area (Å²) in [5.74, 6) is 0.189. The van der Waals surface area contributed by atoms with E-state index in [1.165, 1.54) is 25.0 Å². The quantitative estimate of drug-likeness (QED) is 0.510. The molecule has 0 aliphatic heterocycles. The lowest BCUT2D eigenvalue weighted by Crippen LogP contribution is -2.34. The third-order valence-electron chi connectivity index (χ3n) is 3.88. The molecule has 114 valence electrons. The molecular formula is C15H19BrN2O3. The second-order valence-corrected chi connectivity index (χ2v) is 6.76. The largest absolute Gasteiger partial charge is 0.352 e. The molecule has 1 amide bonds. The molecule has 1 aromatic rings. The molecule has 21 heavy (non-hydrogen) atoms. The number of non-ortho nitro benzene ring substituents is 1. The Labute approximate surface area is 132 Å². The number of nitrogens with one attached hydrogen (secondary N) is 1. The van der Waals surface area contributed by atoms with E-state index in [4.69, 9.17) is 0 Å². The number of alkyl halides is 1. The Bertz CT molecular complexity index is 548. The zero-order chi connectivity index (χ0) is 15.4. The number of nitro benzene ring substituents is 1. The summed E-state index contributed by atoms with van der Waals surface area (Å²) < 4.78 is 0. The summed E-state index contributed by atoms with van der Waals surface area (Å²) in [4.78, 5) is 23.0. The lowest BCUT2D eigenvalue weighted by atomic mass is 9.89. The predicted octanol–water partition coefficient (Wildman–Crippen LogP) is 3.59. The maximum atomic E-state index is 12.2. The van der Waals surface area contributed by atoms with Crippen molar-refractivity contribution in [2.45, 2.75) is 37.4 Å². The molecule has 1 saturated carbocycles. The van der Waals surface area contributed by atoms with Crippen molar-refractivity contribution in [1.29, 1.82) is 0 Å². The number of nitro groups is 1. The van der Waals surface area contributed by atoms with Crippen LogP contribution >= 0.6 is 15.9 Å². The SMILES string of the molecule is Cc1cc(C(=O)NCC2CCCCC2Br)cc([N+](=O)[O-])c1. The van der Waals surface area contributed by atoms with Crippen molar-refractivity contribution in [1.82, 2.24) is 5.32 Å². The molecule has 5 nitrogen and oxygen atoms in total. The summed E-state index contributed by atoms with van der Waals surface area (Å²) in [6, 6.07) is 4.47. The molecule has 0 bridgehead atoms. The van der Waals surface area contributed by atoms with Gasteiger partial charge in [0.2, 0.25) is 0 Å². The monoisotopic (exact) mass is 354 g/mol. The molecular weight excluding hydrogens is 336 g/mol. The van der Waals surface area contributed by atoms with Crippen molar-refractivity contribution in [3.05, 3.63) is 39.4 Å². The second kappa shape index (κ2) is 7.02. The standard InChI is InChI=1S/C15H19BrN2O3/c1-10-6-12(8-13(7-10)18(20)21)15(19)17-9-11-4-2-3-5-14(11)16/h6-8,11,14H,2-5,9H2,1H3,(H,17,19). The maximum absolute atomic E-state index is 12.2. The maximum Gasteiger partial charge on any atom is 0.270 e. The molecule has 0 spiro atoms. The minimum atomic E-state index is -0.473. The summed E-state index contributed by atoms with van der Waals surface area (Å²) in [5, 5.41) is 13.7. The molecule has 1 aromatic carbocycles. The molecule has 1 N–H and O–H groups in total. The van der Waals surface area contributed by atoms with E-state index in [1.54, 1.807) is 13.0 Å². The Morgan fingerprint density at radius 2 is 2.10 bits per heavy atom. The summed E-state index contributed by atoms with van der Waals surface area (Å²) in [6.45, 7) is 2.36. The van der Waals surface area contributed by atoms with Crippen molar-refractivity contribution in [3.63, 3.8) is 0 Å². The average molecular weight is 355 g/mol. The van der Waals surface area contributed by atoms with Gasteiger partial charge in [-0.3, -0.25) is 14.9 Å². The van der Waals surface area contributed by atoms with Gasteiger partial charge in [0.1, 0.15) is 0 Å². The molecule has 2 atom stereocenters. The molecule has 2 rings (SSSR count). The molecule has 1 aliphatic rings. The Balaban J connectivity index is 2.01. The first-order valence-electron chi connectivity index (χ1n) is 7.15. The third kappa shape index (κ3) is 4.27. The van der Waals surface area contributed by atoms with Crippen molar-refractivity contribution < 1.29 is 9.72 Å². The van der Waals surface area contributed by atoms with E-state index in [9.17, 15) is 14.9 Å². The van der Waals surface area contributed by atoms with Gasteiger partial charge in [-0.15, -0.1) is 0 Å². The normalized spacial score (nSPS) is 21.8. The van der Waals surface area contributed by atoms with Gasteiger partial charge in [-0.1, -0.05) is 28.8 Å². The Morgan fingerprint density at radius 3 is 2.76 bits per heavy atom. The summed E-state index contributed by atoms with van der Waals surface area (Å²) >= 11 is 3.66. The van der Waals surface area contributed by atoms with Crippen LogP contribution in [0.4, 0.5) is 5.69 Å². The van der Waals surface area contributed by atoms with Crippen LogP contribution in [0.3, 0.4) is 0 Å². The van der Waals surface area contributed by atoms with Gasteiger partial charge in [0.25, 0.3) is 11.6 Å². The Hall–Kier alpha value is -1.43. The fraction of sp³-hybridized carbons (Fsp3) is 0.533. The minimum absolute atomic E-state index is 0.0452. The van der Waals surface area contributed by atoms with Crippen LogP contribution in [-0.4, -0.2) is 22.2 Å². The first-order chi connectivity index (χ1) is 9.97. The average Bonchev–Trinajstić information content (AvgIpc) is 2.45. The number of carbonyl (C=O) groups is 1. The minimum Gasteiger partial charge on any atom is -0.352 e. The van der Waals surface area contributed by atoms with E-state index >= 15 is 0 Å². The number of rotatable bonds is 4. The number of aryl methyl sites for hydroxylation is 1. The number of benzene rings is 1. The van der Waals surface area contributed by atoms with E-state index in [-0.39, 0.29) is 11.6 Å². The van der Waals surface area contributed by atoms with E-state index in [2.05, 4.69) is 21.2 Å². The molecule has 0 aromatic heterocycles. The number of amides is 1. The fourth-order valence-electron chi connectivity index (χ4n) is 2.72. The summed E-state index contributed by atoms with van der Waals surface area (Å²) in [5.41, 5.74) is 1.02. The topological polar surface area (TPSA) is 72.2 Å². The van der Waals surface area contributed by atoms with Crippen molar-refractivity contribution in [3.8, 4) is 0 Å². The molecule has 6 heteroatoms. The van der Waals surface area contributed by atoms with Crippen molar-refractivity contribution in [2.75, 3.05) is 6.54 Å². The summed E-state index contributed by atoms with van der Waals surface area (Å²) in [7, 11) is 0. The van der Waals surface area contributed by atoms with Gasteiger partial charge in [-0.2, -0.15) is 0 Å². The van der Waals surface area contributed by atoms with Crippen LogP contribution in [0.25, 0.3) is 0 Å². The van der Waals surface area contributed by atoms with Gasteiger partial charge in [-0.25, -0.2) is 0 Å². The summed E-state index contributed by atoms with van der Waals surface area (Å²) in [6.07, 6.45) is 4.66. The van der Waals surface area contributed by atoms with Crippen LogP contribution in [0.15, 0.2) is 18.2 Å². The number of halogens is 1. The predicted molar refractivity (Wildman–Crippen MR) is 84.8 cm³/mol. The van der Waals surface area contributed by atoms with Crippen molar-refractivity contribution >= 4 is 27.5 Å². The van der Waals surface area contributed by atoms with Crippen LogP contribution < -0.4 is 5.32 Å². The van der Waals surface area contributed by atoms with E-state index in [0.717, 1.165) is 12.8 Å². The number of hydrogen-bond acceptors (Lipinski definition) is 3. The third-order valence-corrected chi connectivity index (χ3v) is 5.08. The van der Waals surface area contributed by atoms with Crippen LogP contribution in [0.1, 0.15) is 41.6 Å². The highest BCUT2D eigenvalue weighted by molar-refractivity contribution is 9.09. The van der Waals surface area contributed by atoms with E-state index < -0.39 is 4.92 Å². The van der Waals surface area contributed by atoms with Gasteiger partial charge in [-0.05, 0) is 37.3 Å². The smallest absolute Gasteiger partial charge is 0.270 e. The van der Waals surface area contributed by atoms with Gasteiger partial charge < -0.3 is 5.32 Å². The first-order valence-corrected chi connectivity index (χ1v) is 8.07. The highest BCUT2D eigenvalue weighted by atomic mass is 79.9. The fourth-order valence-corrected chi connectivity index (χ4v) is 3.49. The molecule has 1 aliphatic carbocycles. The molecule has 2 unspecified atom stereocenters. The van der Waals surface area contributed by atoms with Gasteiger partial charge in [0.05, 0.1) is 4.92 Å². The lowest BCUT2D eigenvalue weighted by molar-refractivity contribution is -0.384. The molecule has 0 radical (unpaired) electrons. The van der Waals surface area contributed by atoms with Crippen LogP contribution in [-0.2, 0) is 0 Å². The zero-order valence-electron chi connectivity index (χ0n) is 12.0. The van der Waals surface area contributed by atoms with E-state index in [1.807, 2.05) is 0 Å². The molecule has 0 saturated heterocycles.